The van der Waals surface area contributed by atoms with Crippen molar-refractivity contribution in [1.29, 1.82) is 0 Å². The lowest BCUT2D eigenvalue weighted by Gasteiger charge is -2.18. The summed E-state index contributed by atoms with van der Waals surface area (Å²) >= 11 is 0. The predicted molar refractivity (Wildman–Crippen MR) is 79.7 cm³/mol. The van der Waals surface area contributed by atoms with Crippen LogP contribution in [0.25, 0.3) is 0 Å². The number of carbonyl (C=O) groups excluding carboxylic acids is 2. The number of imide groups is 1. The maximum Gasteiger partial charge on any atom is 0.261 e. The molecule has 0 aliphatic carbocycles. The van der Waals surface area contributed by atoms with Crippen molar-refractivity contribution in [2.24, 2.45) is 0 Å². The van der Waals surface area contributed by atoms with Crippen molar-refractivity contribution < 1.29 is 23.8 Å². The lowest BCUT2D eigenvalue weighted by Crippen LogP contribution is -2.39. The van der Waals surface area contributed by atoms with Crippen molar-refractivity contribution in [3.05, 3.63) is 65.5 Å². The molecule has 0 aromatic heterocycles. The van der Waals surface area contributed by atoms with Gasteiger partial charge >= 0.3 is 0 Å². The van der Waals surface area contributed by atoms with Gasteiger partial charge in [0.15, 0.2) is 0 Å². The smallest absolute Gasteiger partial charge is 0.261 e. The van der Waals surface area contributed by atoms with Gasteiger partial charge in [0.2, 0.25) is 0 Å². The fourth-order valence-corrected chi connectivity index (χ4v) is 2.39. The summed E-state index contributed by atoms with van der Waals surface area (Å²) in [5.41, 5.74) is 0.674. The van der Waals surface area contributed by atoms with E-state index >= 15 is 0 Å². The number of halogens is 1. The Labute approximate surface area is 131 Å². The van der Waals surface area contributed by atoms with Gasteiger partial charge in [0.25, 0.3) is 11.8 Å². The molecule has 1 atom stereocenters. The minimum absolute atomic E-state index is 0.112. The first-order valence-electron chi connectivity index (χ1n) is 7.08. The molecule has 1 heterocycles. The highest BCUT2D eigenvalue weighted by atomic mass is 19.1. The topological polar surface area (TPSA) is 66.8 Å². The molecule has 1 N–H and O–H groups in total. The number of hydrogen-bond donors (Lipinski definition) is 1. The highest BCUT2D eigenvalue weighted by molar-refractivity contribution is 6.21. The number of benzene rings is 2. The van der Waals surface area contributed by atoms with Crippen LogP contribution in [0.1, 0.15) is 20.7 Å². The van der Waals surface area contributed by atoms with Crippen molar-refractivity contribution in [2.75, 3.05) is 13.2 Å². The van der Waals surface area contributed by atoms with Crippen molar-refractivity contribution in [2.45, 2.75) is 6.10 Å². The maximum absolute atomic E-state index is 12.8. The van der Waals surface area contributed by atoms with E-state index in [0.29, 0.717) is 16.9 Å². The summed E-state index contributed by atoms with van der Waals surface area (Å²) in [4.78, 5) is 25.3. The zero-order chi connectivity index (χ0) is 16.4. The molecule has 0 radical (unpaired) electrons. The zero-order valence-corrected chi connectivity index (χ0v) is 12.1. The highest BCUT2D eigenvalue weighted by Gasteiger charge is 2.36. The second-order valence-electron chi connectivity index (χ2n) is 5.19. The van der Waals surface area contributed by atoms with Crippen molar-refractivity contribution in [3.8, 4) is 5.75 Å². The maximum atomic E-state index is 12.8. The van der Waals surface area contributed by atoms with Crippen molar-refractivity contribution in [1.82, 2.24) is 4.90 Å². The number of fused-ring (bicyclic) bond motifs is 1. The lowest BCUT2D eigenvalue weighted by molar-refractivity contribution is 0.0456. The van der Waals surface area contributed by atoms with Crippen LogP contribution in [0.15, 0.2) is 48.5 Å². The Balaban J connectivity index is 1.60. The first-order valence-corrected chi connectivity index (χ1v) is 7.08. The molecule has 0 fully saturated rings. The SMILES string of the molecule is O=C1c2ccccc2C(=O)N1C[C@@H](O)COc1ccc(F)cc1. The Morgan fingerprint density at radius 2 is 1.57 bits per heavy atom. The second-order valence-corrected chi connectivity index (χ2v) is 5.19. The first-order chi connectivity index (χ1) is 11.1. The van der Waals surface area contributed by atoms with E-state index in [1.807, 2.05) is 0 Å². The molecule has 2 aromatic rings. The van der Waals surface area contributed by atoms with Crippen LogP contribution in [0.5, 0.6) is 5.75 Å². The number of amides is 2. The average Bonchev–Trinajstić information content (AvgIpc) is 2.80. The molecule has 1 aliphatic rings. The number of rotatable bonds is 5. The molecule has 0 saturated carbocycles. The van der Waals surface area contributed by atoms with Crippen LogP contribution >= 0.6 is 0 Å². The Morgan fingerprint density at radius 1 is 1.00 bits per heavy atom. The molecule has 3 rings (SSSR count). The third kappa shape index (κ3) is 3.07. The van der Waals surface area contributed by atoms with Gasteiger partial charge in [-0.15, -0.1) is 0 Å². The Morgan fingerprint density at radius 3 is 2.13 bits per heavy atom. The van der Waals surface area contributed by atoms with Gasteiger partial charge in [0, 0.05) is 0 Å². The number of nitrogens with zero attached hydrogens (tertiary/aromatic N) is 1. The number of aliphatic hydroxyl groups is 1. The van der Waals surface area contributed by atoms with E-state index in [-0.39, 0.29) is 19.0 Å². The van der Waals surface area contributed by atoms with E-state index in [0.717, 1.165) is 4.90 Å². The largest absolute Gasteiger partial charge is 0.491 e. The molecular weight excluding hydrogens is 301 g/mol. The van der Waals surface area contributed by atoms with Gasteiger partial charge < -0.3 is 9.84 Å². The van der Waals surface area contributed by atoms with E-state index in [1.54, 1.807) is 24.3 Å². The van der Waals surface area contributed by atoms with Gasteiger partial charge in [-0.25, -0.2) is 4.39 Å². The van der Waals surface area contributed by atoms with E-state index in [9.17, 15) is 19.1 Å². The van der Waals surface area contributed by atoms with E-state index in [1.165, 1.54) is 24.3 Å². The number of hydrogen-bond acceptors (Lipinski definition) is 4. The molecule has 1 aliphatic heterocycles. The number of carbonyl (C=O) groups is 2. The minimum Gasteiger partial charge on any atom is -0.491 e. The molecule has 0 unspecified atom stereocenters. The molecule has 5 nitrogen and oxygen atoms in total. The predicted octanol–water partition coefficient (Wildman–Crippen LogP) is 1.86. The molecular formula is C17H14FNO4. The molecule has 0 saturated heterocycles. The third-order valence-electron chi connectivity index (χ3n) is 3.53. The molecule has 0 spiro atoms. The van der Waals surface area contributed by atoms with Gasteiger partial charge in [0.05, 0.1) is 17.7 Å². The summed E-state index contributed by atoms with van der Waals surface area (Å²) in [7, 11) is 0. The van der Waals surface area contributed by atoms with Gasteiger partial charge in [-0.3, -0.25) is 14.5 Å². The van der Waals surface area contributed by atoms with Crippen molar-refractivity contribution >= 4 is 11.8 Å². The minimum atomic E-state index is -1.04. The summed E-state index contributed by atoms with van der Waals surface area (Å²) < 4.78 is 18.1. The van der Waals surface area contributed by atoms with Crippen LogP contribution in [-0.2, 0) is 0 Å². The standard InChI is InChI=1S/C17H14FNO4/c18-11-5-7-13(8-6-11)23-10-12(20)9-19-16(21)14-3-1-2-4-15(14)17(19)22/h1-8,12,20H,9-10H2/t12-/m1/s1. The monoisotopic (exact) mass is 315 g/mol. The normalized spacial score (nSPS) is 14.8. The number of ether oxygens (including phenoxy) is 1. The Bertz CT molecular complexity index is 710. The fourth-order valence-electron chi connectivity index (χ4n) is 2.39. The lowest BCUT2D eigenvalue weighted by atomic mass is 10.1. The number of aliphatic hydroxyl groups excluding tert-OH is 1. The van der Waals surface area contributed by atoms with E-state index < -0.39 is 17.9 Å². The summed E-state index contributed by atoms with van der Waals surface area (Å²) in [6.45, 7) is -0.271. The van der Waals surface area contributed by atoms with Crippen molar-refractivity contribution in [3.63, 3.8) is 0 Å². The van der Waals surface area contributed by atoms with Crippen LogP contribution in [0, 0.1) is 5.82 Å². The van der Waals surface area contributed by atoms with E-state index in [4.69, 9.17) is 4.74 Å². The quantitative estimate of drug-likeness (QED) is 0.855. The van der Waals surface area contributed by atoms with Crippen LogP contribution in [0.4, 0.5) is 4.39 Å². The van der Waals surface area contributed by atoms with E-state index in [2.05, 4.69) is 0 Å². The van der Waals surface area contributed by atoms with Crippen LogP contribution in [0.3, 0.4) is 0 Å². The second kappa shape index (κ2) is 6.18. The summed E-state index contributed by atoms with van der Waals surface area (Å²) in [5.74, 6) is -0.838. The molecule has 2 amide bonds. The Hall–Kier alpha value is -2.73. The highest BCUT2D eigenvalue weighted by Crippen LogP contribution is 2.22. The molecule has 118 valence electrons. The number of β-amino-alcohol motifs (C(OH)–C–C–N with tert-alkyl or cyclic N) is 1. The van der Waals surface area contributed by atoms with Gasteiger partial charge in [-0.2, -0.15) is 0 Å². The average molecular weight is 315 g/mol. The van der Waals surface area contributed by atoms with Crippen LogP contribution in [-0.4, -0.2) is 41.1 Å². The summed E-state index contributed by atoms with van der Waals surface area (Å²) in [6, 6.07) is 11.9. The fraction of sp³-hybridized carbons (Fsp3) is 0.176. The third-order valence-corrected chi connectivity index (χ3v) is 3.53. The van der Waals surface area contributed by atoms with Crippen LogP contribution in [0.2, 0.25) is 0 Å². The molecule has 0 bridgehead atoms. The zero-order valence-electron chi connectivity index (χ0n) is 12.1. The molecule has 2 aromatic carbocycles. The first kappa shape index (κ1) is 15.2. The molecule has 23 heavy (non-hydrogen) atoms. The molecule has 6 heteroatoms. The van der Waals surface area contributed by atoms with Gasteiger partial charge in [0.1, 0.15) is 24.3 Å². The summed E-state index contributed by atoms with van der Waals surface area (Å²) in [6.07, 6.45) is -1.04. The van der Waals surface area contributed by atoms with Gasteiger partial charge in [-0.05, 0) is 36.4 Å². The summed E-state index contributed by atoms with van der Waals surface area (Å²) in [5, 5.41) is 9.99. The van der Waals surface area contributed by atoms with Crippen LogP contribution < -0.4 is 4.74 Å². The van der Waals surface area contributed by atoms with Gasteiger partial charge in [-0.1, -0.05) is 12.1 Å². The Kier molecular flexibility index (Phi) is 4.08.